The first-order valence-electron chi connectivity index (χ1n) is 6.53. The second-order valence-electron chi connectivity index (χ2n) is 4.87. The lowest BCUT2D eigenvalue weighted by atomic mass is 10.1. The molecular weight excluding hydrogens is 308 g/mol. The summed E-state index contributed by atoms with van der Waals surface area (Å²) in [4.78, 5) is 12.2. The Morgan fingerprint density at radius 1 is 1.53 bits per heavy atom. The van der Waals surface area contributed by atoms with Crippen LogP contribution in [0.1, 0.15) is 35.2 Å². The Morgan fingerprint density at radius 3 is 3.00 bits per heavy atom. The monoisotopic (exact) mass is 326 g/mol. The molecular formula is C14H19BrN2O2. The van der Waals surface area contributed by atoms with E-state index in [0.717, 1.165) is 29.5 Å². The maximum Gasteiger partial charge on any atom is 0.251 e. The van der Waals surface area contributed by atoms with Crippen molar-refractivity contribution in [2.75, 3.05) is 18.9 Å². The zero-order valence-electron chi connectivity index (χ0n) is 11.0. The van der Waals surface area contributed by atoms with Gasteiger partial charge in [-0.25, -0.2) is 0 Å². The minimum Gasteiger partial charge on any atom is -0.398 e. The molecule has 104 valence electrons. The number of amides is 1. The molecule has 5 heteroatoms. The molecule has 1 aliphatic heterocycles. The zero-order chi connectivity index (χ0) is 13.8. The quantitative estimate of drug-likeness (QED) is 0.839. The van der Waals surface area contributed by atoms with Crippen LogP contribution in [0, 0.1) is 6.92 Å². The lowest BCUT2D eigenvalue weighted by Crippen LogP contribution is -2.35. The number of nitrogen functional groups attached to an aromatic ring is 1. The number of benzene rings is 1. The molecule has 0 saturated carbocycles. The molecule has 0 aromatic heterocycles. The van der Waals surface area contributed by atoms with Gasteiger partial charge in [-0.15, -0.1) is 0 Å². The zero-order valence-corrected chi connectivity index (χ0v) is 12.6. The Hall–Kier alpha value is -1.07. The molecule has 1 fully saturated rings. The van der Waals surface area contributed by atoms with Gasteiger partial charge in [0.25, 0.3) is 5.91 Å². The van der Waals surface area contributed by atoms with E-state index in [4.69, 9.17) is 10.5 Å². The van der Waals surface area contributed by atoms with Crippen molar-refractivity contribution in [2.45, 2.75) is 32.3 Å². The average Bonchev–Trinajstić information content (AvgIpc) is 2.41. The Kier molecular flexibility index (Phi) is 4.82. The Bertz CT molecular complexity index is 471. The summed E-state index contributed by atoms with van der Waals surface area (Å²) in [7, 11) is 0. The van der Waals surface area contributed by atoms with Crippen molar-refractivity contribution >= 4 is 27.5 Å². The van der Waals surface area contributed by atoms with Crippen LogP contribution in [-0.4, -0.2) is 25.2 Å². The fraction of sp³-hybridized carbons (Fsp3) is 0.500. The molecule has 0 radical (unpaired) electrons. The van der Waals surface area contributed by atoms with Crippen molar-refractivity contribution in [1.29, 1.82) is 0 Å². The van der Waals surface area contributed by atoms with Crippen LogP contribution < -0.4 is 11.1 Å². The highest BCUT2D eigenvalue weighted by atomic mass is 79.9. The average molecular weight is 327 g/mol. The van der Waals surface area contributed by atoms with E-state index in [1.807, 2.05) is 6.92 Å². The maximum absolute atomic E-state index is 12.2. The van der Waals surface area contributed by atoms with Crippen LogP contribution in [0.15, 0.2) is 16.6 Å². The molecule has 1 unspecified atom stereocenters. The van der Waals surface area contributed by atoms with E-state index >= 15 is 0 Å². The summed E-state index contributed by atoms with van der Waals surface area (Å²) >= 11 is 3.36. The van der Waals surface area contributed by atoms with Crippen molar-refractivity contribution in [1.82, 2.24) is 5.32 Å². The second kappa shape index (κ2) is 6.39. The van der Waals surface area contributed by atoms with Gasteiger partial charge in [0.1, 0.15) is 0 Å². The number of rotatable bonds is 3. The maximum atomic E-state index is 12.2. The Morgan fingerprint density at radius 2 is 2.32 bits per heavy atom. The predicted octanol–water partition coefficient (Wildman–Crippen LogP) is 2.64. The lowest BCUT2D eigenvalue weighted by molar-refractivity contribution is 0.0169. The lowest BCUT2D eigenvalue weighted by Gasteiger charge is -2.23. The summed E-state index contributed by atoms with van der Waals surface area (Å²) in [5.41, 5.74) is 7.91. The first-order chi connectivity index (χ1) is 9.08. The van der Waals surface area contributed by atoms with E-state index in [1.165, 1.54) is 6.42 Å². The van der Waals surface area contributed by atoms with E-state index in [-0.39, 0.29) is 12.0 Å². The normalized spacial score (nSPS) is 19.2. The molecule has 1 heterocycles. The Balaban J connectivity index is 1.99. The molecule has 1 saturated heterocycles. The molecule has 1 atom stereocenters. The largest absolute Gasteiger partial charge is 0.398 e. The molecule has 1 amide bonds. The van der Waals surface area contributed by atoms with Crippen molar-refractivity contribution in [3.05, 3.63) is 27.7 Å². The highest BCUT2D eigenvalue weighted by molar-refractivity contribution is 9.10. The van der Waals surface area contributed by atoms with E-state index in [9.17, 15) is 4.79 Å². The number of anilines is 1. The molecule has 1 aromatic rings. The van der Waals surface area contributed by atoms with Crippen LogP contribution in [0.4, 0.5) is 5.69 Å². The van der Waals surface area contributed by atoms with Gasteiger partial charge in [0.15, 0.2) is 0 Å². The minimum absolute atomic E-state index is 0.0975. The van der Waals surface area contributed by atoms with Gasteiger partial charge in [-0.3, -0.25) is 4.79 Å². The third-order valence-corrected chi connectivity index (χ3v) is 3.88. The fourth-order valence-corrected chi connectivity index (χ4v) is 2.68. The number of nitrogens with two attached hydrogens (primary N) is 1. The molecule has 4 nitrogen and oxygen atoms in total. The van der Waals surface area contributed by atoms with Gasteiger partial charge in [-0.1, -0.05) is 15.9 Å². The topological polar surface area (TPSA) is 64.4 Å². The summed E-state index contributed by atoms with van der Waals surface area (Å²) < 4.78 is 6.41. The summed E-state index contributed by atoms with van der Waals surface area (Å²) in [6.07, 6.45) is 3.44. The van der Waals surface area contributed by atoms with E-state index in [1.54, 1.807) is 12.1 Å². The molecule has 1 aromatic carbocycles. The van der Waals surface area contributed by atoms with Gasteiger partial charge in [-0.05, 0) is 43.9 Å². The molecule has 3 N–H and O–H groups in total. The van der Waals surface area contributed by atoms with Crippen LogP contribution in [-0.2, 0) is 4.74 Å². The molecule has 2 rings (SSSR count). The van der Waals surface area contributed by atoms with Crippen molar-refractivity contribution in [3.8, 4) is 0 Å². The van der Waals surface area contributed by atoms with E-state index in [2.05, 4.69) is 21.2 Å². The Labute approximate surface area is 121 Å². The molecule has 1 aliphatic rings. The number of carbonyl (C=O) groups excluding carboxylic acids is 1. The van der Waals surface area contributed by atoms with Crippen LogP contribution in [0.2, 0.25) is 0 Å². The van der Waals surface area contributed by atoms with Crippen LogP contribution in [0.25, 0.3) is 0 Å². The van der Waals surface area contributed by atoms with Crippen LogP contribution in [0.3, 0.4) is 0 Å². The van der Waals surface area contributed by atoms with Crippen molar-refractivity contribution in [3.63, 3.8) is 0 Å². The van der Waals surface area contributed by atoms with Gasteiger partial charge >= 0.3 is 0 Å². The first kappa shape index (κ1) is 14.3. The molecule has 0 aliphatic carbocycles. The number of nitrogens with one attached hydrogen (secondary N) is 1. The van der Waals surface area contributed by atoms with Gasteiger partial charge < -0.3 is 15.8 Å². The third-order valence-electron chi connectivity index (χ3n) is 3.42. The molecule has 0 bridgehead atoms. The summed E-state index contributed by atoms with van der Waals surface area (Å²) in [5, 5.41) is 2.92. The smallest absolute Gasteiger partial charge is 0.251 e. The van der Waals surface area contributed by atoms with Gasteiger partial charge in [0.2, 0.25) is 0 Å². The third kappa shape index (κ3) is 3.70. The van der Waals surface area contributed by atoms with Crippen molar-refractivity contribution in [2.24, 2.45) is 0 Å². The standard InChI is InChI=1S/C14H19BrN2O2/c1-9-12(6-10(15)7-13(9)16)14(18)17-8-11-4-2-3-5-19-11/h6-7,11H,2-5,8,16H2,1H3,(H,17,18). The van der Waals surface area contributed by atoms with Crippen LogP contribution in [0.5, 0.6) is 0 Å². The van der Waals surface area contributed by atoms with Gasteiger partial charge in [0.05, 0.1) is 6.10 Å². The molecule has 0 spiro atoms. The number of halogens is 1. The van der Waals surface area contributed by atoms with E-state index < -0.39 is 0 Å². The van der Waals surface area contributed by atoms with Gasteiger partial charge in [0, 0.05) is 28.9 Å². The minimum atomic E-state index is -0.0975. The summed E-state index contributed by atoms with van der Waals surface area (Å²) in [6.45, 7) is 3.21. The SMILES string of the molecule is Cc1c(N)cc(Br)cc1C(=O)NCC1CCCCO1. The number of hydrogen-bond acceptors (Lipinski definition) is 3. The molecule has 19 heavy (non-hydrogen) atoms. The number of ether oxygens (including phenoxy) is 1. The van der Waals surface area contributed by atoms with E-state index in [0.29, 0.717) is 17.8 Å². The highest BCUT2D eigenvalue weighted by Crippen LogP contribution is 2.22. The number of carbonyl (C=O) groups is 1. The predicted molar refractivity (Wildman–Crippen MR) is 79.2 cm³/mol. The van der Waals surface area contributed by atoms with Crippen LogP contribution >= 0.6 is 15.9 Å². The first-order valence-corrected chi connectivity index (χ1v) is 7.32. The summed E-state index contributed by atoms with van der Waals surface area (Å²) in [6, 6.07) is 3.60. The highest BCUT2D eigenvalue weighted by Gasteiger charge is 2.17. The number of hydrogen-bond donors (Lipinski definition) is 2. The second-order valence-corrected chi connectivity index (χ2v) is 5.78. The fourth-order valence-electron chi connectivity index (χ4n) is 2.21. The summed E-state index contributed by atoms with van der Waals surface area (Å²) in [5.74, 6) is -0.0975. The van der Waals surface area contributed by atoms with Gasteiger partial charge in [-0.2, -0.15) is 0 Å². The van der Waals surface area contributed by atoms with Crippen molar-refractivity contribution < 1.29 is 9.53 Å².